The van der Waals surface area contributed by atoms with Crippen molar-refractivity contribution >= 4 is 28.8 Å². The molecule has 0 aliphatic heterocycles. The molecular formula is C25H21N3O5. The Hall–Kier alpha value is -4.17. The molecule has 0 fully saturated rings. The first-order valence-electron chi connectivity index (χ1n) is 10.3. The molecule has 166 valence electrons. The van der Waals surface area contributed by atoms with Gasteiger partial charge in [0.1, 0.15) is 0 Å². The molecule has 0 spiro atoms. The Morgan fingerprint density at radius 2 is 1.61 bits per heavy atom. The Morgan fingerprint density at radius 1 is 0.970 bits per heavy atom. The number of carbonyl (C=O) groups is 3. The second kappa shape index (κ2) is 8.76. The van der Waals surface area contributed by atoms with Gasteiger partial charge in [-0.15, -0.1) is 0 Å². The van der Waals surface area contributed by atoms with E-state index < -0.39 is 4.92 Å². The van der Waals surface area contributed by atoms with E-state index in [9.17, 15) is 24.5 Å². The number of nitrogens with one attached hydrogen (secondary N) is 1. The summed E-state index contributed by atoms with van der Waals surface area (Å²) < 4.78 is 0. The van der Waals surface area contributed by atoms with E-state index in [1.165, 1.54) is 12.1 Å². The van der Waals surface area contributed by atoms with Gasteiger partial charge >= 0.3 is 0 Å². The van der Waals surface area contributed by atoms with Gasteiger partial charge in [-0.05, 0) is 25.6 Å². The highest BCUT2D eigenvalue weighted by Gasteiger charge is 2.31. The van der Waals surface area contributed by atoms with Crippen LogP contribution in [0, 0.1) is 10.1 Å². The molecule has 1 aliphatic rings. The molecule has 1 atom stereocenters. The number of amides is 1. The number of fused-ring (bicyclic) bond motifs is 2. The number of benzene rings is 3. The molecule has 3 aromatic carbocycles. The standard InChI is InChI=1S/C25H21N3O5/c1-15(16-7-5-8-17(13-16)28(32)33)27(2)14-22(29)26-21-12-6-11-20-23(21)25(31)19-10-4-3-9-18(19)24(20)30/h3-13,15H,14H2,1-2H3,(H,26,29). The minimum Gasteiger partial charge on any atom is -0.324 e. The van der Waals surface area contributed by atoms with E-state index in [1.54, 1.807) is 66.5 Å². The summed E-state index contributed by atoms with van der Waals surface area (Å²) in [5, 5.41) is 13.8. The lowest BCUT2D eigenvalue weighted by atomic mass is 9.83. The van der Waals surface area contributed by atoms with Gasteiger partial charge in [-0.1, -0.05) is 48.5 Å². The van der Waals surface area contributed by atoms with Gasteiger partial charge in [-0.25, -0.2) is 0 Å². The zero-order valence-corrected chi connectivity index (χ0v) is 18.1. The Kier molecular flexibility index (Phi) is 5.85. The van der Waals surface area contributed by atoms with Gasteiger partial charge in [-0.3, -0.25) is 29.4 Å². The van der Waals surface area contributed by atoms with Crippen LogP contribution in [0.5, 0.6) is 0 Å². The van der Waals surface area contributed by atoms with Crippen molar-refractivity contribution in [3.05, 3.63) is 105 Å². The summed E-state index contributed by atoms with van der Waals surface area (Å²) in [6, 6.07) is 17.4. The van der Waals surface area contributed by atoms with Crippen LogP contribution in [-0.2, 0) is 4.79 Å². The van der Waals surface area contributed by atoms with Crippen molar-refractivity contribution in [2.75, 3.05) is 18.9 Å². The first-order valence-corrected chi connectivity index (χ1v) is 10.3. The molecule has 33 heavy (non-hydrogen) atoms. The second-order valence-electron chi connectivity index (χ2n) is 7.92. The SMILES string of the molecule is CC(c1cccc([N+](=O)[O-])c1)N(C)CC(=O)Nc1cccc2c1C(=O)c1ccccc1C2=O. The molecule has 8 heteroatoms. The van der Waals surface area contributed by atoms with Gasteiger partial charge in [0.25, 0.3) is 5.69 Å². The van der Waals surface area contributed by atoms with Gasteiger partial charge in [0.2, 0.25) is 5.91 Å². The average Bonchev–Trinajstić information content (AvgIpc) is 2.82. The van der Waals surface area contributed by atoms with E-state index in [2.05, 4.69) is 5.32 Å². The molecule has 1 N–H and O–H groups in total. The number of likely N-dealkylation sites (N-methyl/N-ethyl adjacent to an activating group) is 1. The zero-order valence-electron chi connectivity index (χ0n) is 18.1. The Bertz CT molecular complexity index is 1300. The Labute approximate surface area is 190 Å². The second-order valence-corrected chi connectivity index (χ2v) is 7.92. The van der Waals surface area contributed by atoms with Gasteiger partial charge in [0.05, 0.1) is 22.7 Å². The minimum atomic E-state index is -0.460. The predicted octanol–water partition coefficient (Wildman–Crippen LogP) is 4.00. The van der Waals surface area contributed by atoms with E-state index in [1.807, 2.05) is 6.92 Å². The van der Waals surface area contributed by atoms with Crippen LogP contribution in [0.1, 0.15) is 50.4 Å². The molecule has 1 unspecified atom stereocenters. The van der Waals surface area contributed by atoms with Gasteiger partial charge in [0.15, 0.2) is 11.6 Å². The third kappa shape index (κ3) is 4.16. The lowest BCUT2D eigenvalue weighted by Gasteiger charge is -2.25. The lowest BCUT2D eigenvalue weighted by Crippen LogP contribution is -2.33. The quantitative estimate of drug-likeness (QED) is 0.356. The number of hydrogen-bond acceptors (Lipinski definition) is 6. The van der Waals surface area contributed by atoms with E-state index >= 15 is 0 Å². The highest BCUT2D eigenvalue weighted by molar-refractivity contribution is 6.30. The van der Waals surface area contributed by atoms with Crippen molar-refractivity contribution in [3.8, 4) is 0 Å². The van der Waals surface area contributed by atoms with Gasteiger partial charge in [0, 0.05) is 34.9 Å². The number of ketones is 2. The van der Waals surface area contributed by atoms with Crippen LogP contribution in [0.4, 0.5) is 11.4 Å². The fraction of sp³-hybridized carbons (Fsp3) is 0.160. The normalized spacial score (nSPS) is 13.3. The summed E-state index contributed by atoms with van der Waals surface area (Å²) in [5.41, 5.74) is 2.07. The van der Waals surface area contributed by atoms with Crippen molar-refractivity contribution in [1.29, 1.82) is 0 Å². The van der Waals surface area contributed by atoms with Crippen LogP contribution < -0.4 is 5.32 Å². The van der Waals surface area contributed by atoms with Crippen molar-refractivity contribution in [1.82, 2.24) is 4.90 Å². The first-order chi connectivity index (χ1) is 15.8. The van der Waals surface area contributed by atoms with Crippen molar-refractivity contribution in [2.45, 2.75) is 13.0 Å². The van der Waals surface area contributed by atoms with Crippen LogP contribution in [0.25, 0.3) is 0 Å². The summed E-state index contributed by atoms with van der Waals surface area (Å²) in [7, 11) is 1.73. The number of nitro groups is 1. The molecule has 0 heterocycles. The predicted molar refractivity (Wildman–Crippen MR) is 123 cm³/mol. The molecule has 1 aliphatic carbocycles. The molecule has 0 radical (unpaired) electrons. The monoisotopic (exact) mass is 443 g/mol. The van der Waals surface area contributed by atoms with E-state index in [-0.39, 0.29) is 52.6 Å². The number of nitro benzene ring substituents is 1. The fourth-order valence-corrected chi connectivity index (χ4v) is 3.96. The number of hydrogen-bond donors (Lipinski definition) is 1. The maximum Gasteiger partial charge on any atom is 0.269 e. The molecule has 4 rings (SSSR count). The highest BCUT2D eigenvalue weighted by Crippen LogP contribution is 2.32. The van der Waals surface area contributed by atoms with Crippen molar-refractivity contribution < 1.29 is 19.3 Å². The lowest BCUT2D eigenvalue weighted by molar-refractivity contribution is -0.384. The van der Waals surface area contributed by atoms with Crippen LogP contribution in [0.2, 0.25) is 0 Å². The summed E-state index contributed by atoms with van der Waals surface area (Å²) in [6.07, 6.45) is 0. The Balaban J connectivity index is 1.53. The third-order valence-corrected chi connectivity index (χ3v) is 5.84. The van der Waals surface area contributed by atoms with E-state index in [0.29, 0.717) is 16.7 Å². The van der Waals surface area contributed by atoms with Crippen LogP contribution in [-0.4, -0.2) is 40.9 Å². The van der Waals surface area contributed by atoms with Crippen LogP contribution in [0.15, 0.2) is 66.7 Å². The van der Waals surface area contributed by atoms with Gasteiger partial charge < -0.3 is 5.32 Å². The van der Waals surface area contributed by atoms with E-state index in [4.69, 9.17) is 0 Å². The summed E-state index contributed by atoms with van der Waals surface area (Å²) in [5.74, 6) is -0.940. The number of carbonyl (C=O) groups excluding carboxylic acids is 3. The number of anilines is 1. The molecule has 1 amide bonds. The topological polar surface area (TPSA) is 110 Å². The Morgan fingerprint density at radius 3 is 2.30 bits per heavy atom. The minimum absolute atomic E-state index is 0.0171. The van der Waals surface area contributed by atoms with E-state index in [0.717, 1.165) is 0 Å². The van der Waals surface area contributed by atoms with Crippen molar-refractivity contribution in [3.63, 3.8) is 0 Å². The molecule has 0 saturated heterocycles. The summed E-state index contributed by atoms with van der Waals surface area (Å²) in [4.78, 5) is 51.1. The van der Waals surface area contributed by atoms with Crippen LogP contribution >= 0.6 is 0 Å². The number of rotatable bonds is 6. The van der Waals surface area contributed by atoms with Crippen LogP contribution in [0.3, 0.4) is 0 Å². The summed E-state index contributed by atoms with van der Waals surface area (Å²) >= 11 is 0. The molecule has 0 saturated carbocycles. The highest BCUT2D eigenvalue weighted by atomic mass is 16.6. The molecular weight excluding hydrogens is 422 g/mol. The maximum atomic E-state index is 13.1. The molecule has 0 bridgehead atoms. The number of nitrogens with zero attached hydrogens (tertiary/aromatic N) is 2. The largest absolute Gasteiger partial charge is 0.324 e. The van der Waals surface area contributed by atoms with Gasteiger partial charge in [-0.2, -0.15) is 0 Å². The average molecular weight is 443 g/mol. The van der Waals surface area contributed by atoms with Crippen molar-refractivity contribution in [2.24, 2.45) is 0 Å². The maximum absolute atomic E-state index is 13.1. The number of non-ortho nitro benzene ring substituents is 1. The fourth-order valence-electron chi connectivity index (χ4n) is 3.96. The smallest absolute Gasteiger partial charge is 0.269 e. The molecule has 8 nitrogen and oxygen atoms in total. The molecule has 3 aromatic rings. The molecule has 0 aromatic heterocycles. The zero-order chi connectivity index (χ0) is 23.7. The first kappa shape index (κ1) is 22.0. The third-order valence-electron chi connectivity index (χ3n) is 5.84. The summed E-state index contributed by atoms with van der Waals surface area (Å²) in [6.45, 7) is 1.82.